The summed E-state index contributed by atoms with van der Waals surface area (Å²) in [6.07, 6.45) is 2.48. The van der Waals surface area contributed by atoms with E-state index >= 15 is 0 Å². The lowest BCUT2D eigenvalue weighted by Crippen LogP contribution is -2.34. The maximum atomic E-state index is 12.6. The van der Waals surface area contributed by atoms with E-state index in [1.807, 2.05) is 14.1 Å². The molecule has 0 saturated carbocycles. The van der Waals surface area contributed by atoms with E-state index in [1.165, 1.54) is 0 Å². The van der Waals surface area contributed by atoms with E-state index in [0.29, 0.717) is 36.6 Å². The molecule has 1 unspecified atom stereocenters. The molecule has 0 aromatic carbocycles. The second kappa shape index (κ2) is 6.48. The first kappa shape index (κ1) is 16.5. The largest absolute Gasteiger partial charge is 0.363 e. The molecule has 0 radical (unpaired) electrons. The third-order valence-electron chi connectivity index (χ3n) is 3.91. The number of sulfonamides is 1. The van der Waals surface area contributed by atoms with E-state index < -0.39 is 10.0 Å². The van der Waals surface area contributed by atoms with Gasteiger partial charge < -0.3 is 15.2 Å². The molecule has 1 aliphatic rings. The van der Waals surface area contributed by atoms with Crippen LogP contribution in [0.15, 0.2) is 17.2 Å². The van der Waals surface area contributed by atoms with Crippen molar-refractivity contribution in [3.8, 4) is 0 Å². The van der Waals surface area contributed by atoms with Crippen LogP contribution in [0, 0.1) is 0 Å². The zero-order valence-electron chi connectivity index (χ0n) is 13.3. The Morgan fingerprint density at radius 2 is 2.19 bits per heavy atom. The first-order valence-electron chi connectivity index (χ1n) is 7.38. The summed E-state index contributed by atoms with van der Waals surface area (Å²) >= 11 is 0. The summed E-state index contributed by atoms with van der Waals surface area (Å²) in [6, 6.07) is 2.40. The van der Waals surface area contributed by atoms with E-state index in [4.69, 9.17) is 0 Å². The number of nitrogens with zero attached hydrogens (tertiary/aromatic N) is 2. The van der Waals surface area contributed by atoms with E-state index in [0.717, 1.165) is 12.1 Å². The van der Waals surface area contributed by atoms with Gasteiger partial charge in [-0.05, 0) is 26.6 Å². The molecule has 1 aliphatic heterocycles. The van der Waals surface area contributed by atoms with Crippen molar-refractivity contribution in [2.24, 2.45) is 0 Å². The smallest absolute Gasteiger partial charge is 0.244 e. The minimum atomic E-state index is -3.38. The van der Waals surface area contributed by atoms with Gasteiger partial charge in [0.05, 0.1) is 4.90 Å². The molecule has 1 aromatic heterocycles. The van der Waals surface area contributed by atoms with Gasteiger partial charge in [0.2, 0.25) is 10.0 Å². The van der Waals surface area contributed by atoms with Crippen LogP contribution in [-0.4, -0.2) is 61.9 Å². The number of aromatic amines is 1. The van der Waals surface area contributed by atoms with Gasteiger partial charge in [-0.3, -0.25) is 0 Å². The number of nitrogens with one attached hydrogen (secondary N) is 2. The average Bonchev–Trinajstić information content (AvgIpc) is 3.06. The fraction of sp³-hybridized carbons (Fsp3) is 0.714. The van der Waals surface area contributed by atoms with Gasteiger partial charge in [-0.25, -0.2) is 8.42 Å². The molecular formula is C14H26N4O2S. The summed E-state index contributed by atoms with van der Waals surface area (Å²) in [5.41, 5.74) is 0.894. The molecule has 6 nitrogen and oxygen atoms in total. The highest BCUT2D eigenvalue weighted by atomic mass is 32.2. The highest BCUT2D eigenvalue weighted by Gasteiger charge is 2.33. The van der Waals surface area contributed by atoms with Crippen LogP contribution in [0.2, 0.25) is 0 Å². The summed E-state index contributed by atoms with van der Waals surface area (Å²) in [6.45, 7) is 5.93. The maximum absolute atomic E-state index is 12.6. The van der Waals surface area contributed by atoms with Gasteiger partial charge in [-0.1, -0.05) is 13.8 Å². The van der Waals surface area contributed by atoms with E-state index in [9.17, 15) is 8.42 Å². The predicted molar refractivity (Wildman–Crippen MR) is 83.6 cm³/mol. The van der Waals surface area contributed by atoms with Gasteiger partial charge in [-0.2, -0.15) is 4.31 Å². The standard InChI is InChI=1S/C14H26N4O2S/c1-11(2)15-8-12-7-14(9-16-12)21(19,20)18-6-5-13(10-18)17(3)4/h7,9,11,13,15-16H,5-6,8,10H2,1-4H3. The predicted octanol–water partition coefficient (Wildman–Crippen LogP) is 0.837. The topological polar surface area (TPSA) is 68.4 Å². The van der Waals surface area contributed by atoms with Gasteiger partial charge in [0.15, 0.2) is 0 Å². The van der Waals surface area contributed by atoms with Crippen LogP contribution in [0.3, 0.4) is 0 Å². The molecule has 1 atom stereocenters. The van der Waals surface area contributed by atoms with Gasteiger partial charge >= 0.3 is 0 Å². The lowest BCUT2D eigenvalue weighted by atomic mass is 10.2. The fourth-order valence-corrected chi connectivity index (χ4v) is 3.99. The van der Waals surface area contributed by atoms with E-state index in [-0.39, 0.29) is 0 Å². The van der Waals surface area contributed by atoms with Crippen LogP contribution >= 0.6 is 0 Å². The van der Waals surface area contributed by atoms with Crippen molar-refractivity contribution in [3.05, 3.63) is 18.0 Å². The van der Waals surface area contributed by atoms with Gasteiger partial charge in [-0.15, -0.1) is 0 Å². The molecule has 0 spiro atoms. The van der Waals surface area contributed by atoms with Crippen molar-refractivity contribution in [2.75, 3.05) is 27.2 Å². The van der Waals surface area contributed by atoms with Crippen LogP contribution in [-0.2, 0) is 16.6 Å². The van der Waals surface area contributed by atoms with Crippen molar-refractivity contribution >= 4 is 10.0 Å². The second-order valence-corrected chi connectivity index (χ2v) is 8.10. The molecule has 0 amide bonds. The molecule has 2 heterocycles. The van der Waals surface area contributed by atoms with Gasteiger partial charge in [0.1, 0.15) is 0 Å². The molecule has 120 valence electrons. The summed E-state index contributed by atoms with van der Waals surface area (Å²) in [7, 11) is 0.610. The monoisotopic (exact) mass is 314 g/mol. The van der Waals surface area contributed by atoms with Crippen molar-refractivity contribution < 1.29 is 8.42 Å². The third-order valence-corrected chi connectivity index (χ3v) is 5.75. The summed E-state index contributed by atoms with van der Waals surface area (Å²) in [4.78, 5) is 5.50. The SMILES string of the molecule is CC(C)NCc1cc(S(=O)(=O)N2CCC(N(C)C)C2)c[nH]1. The Balaban J connectivity index is 2.06. The van der Waals surface area contributed by atoms with Crippen molar-refractivity contribution in [2.45, 2.75) is 43.8 Å². The Bertz CT molecular complexity index is 565. The number of hydrogen-bond acceptors (Lipinski definition) is 4. The number of H-pyrrole nitrogens is 1. The first-order chi connectivity index (χ1) is 9.80. The lowest BCUT2D eigenvalue weighted by molar-refractivity contribution is 0.302. The Labute approximate surface area is 127 Å². The molecule has 7 heteroatoms. The highest BCUT2D eigenvalue weighted by Crippen LogP contribution is 2.23. The van der Waals surface area contributed by atoms with Crippen LogP contribution in [0.5, 0.6) is 0 Å². The summed E-state index contributed by atoms with van der Waals surface area (Å²) < 4.78 is 26.8. The minimum Gasteiger partial charge on any atom is -0.363 e. The molecule has 0 aliphatic carbocycles. The molecular weight excluding hydrogens is 288 g/mol. The Hall–Kier alpha value is -0.890. The van der Waals surface area contributed by atoms with Crippen molar-refractivity contribution in [1.29, 1.82) is 0 Å². The molecule has 0 bridgehead atoms. The number of aromatic nitrogens is 1. The quantitative estimate of drug-likeness (QED) is 0.816. The van der Waals surface area contributed by atoms with Crippen molar-refractivity contribution in [3.63, 3.8) is 0 Å². The lowest BCUT2D eigenvalue weighted by Gasteiger charge is -2.19. The van der Waals surface area contributed by atoms with Crippen LogP contribution < -0.4 is 5.32 Å². The molecule has 2 N–H and O–H groups in total. The number of rotatable bonds is 6. The average molecular weight is 314 g/mol. The zero-order chi connectivity index (χ0) is 15.6. The molecule has 21 heavy (non-hydrogen) atoms. The molecule has 2 rings (SSSR count). The van der Waals surface area contributed by atoms with Gasteiger partial charge in [0, 0.05) is 43.6 Å². The molecule has 1 aromatic rings. The number of likely N-dealkylation sites (N-methyl/N-ethyl adjacent to an activating group) is 1. The number of hydrogen-bond donors (Lipinski definition) is 2. The third kappa shape index (κ3) is 3.85. The molecule has 1 saturated heterocycles. The second-order valence-electron chi connectivity index (χ2n) is 6.17. The van der Waals surface area contributed by atoms with E-state index in [2.05, 4.69) is 29.0 Å². The Kier molecular flexibility index (Phi) is 5.08. The highest BCUT2D eigenvalue weighted by molar-refractivity contribution is 7.89. The minimum absolute atomic E-state index is 0.306. The summed E-state index contributed by atoms with van der Waals surface area (Å²) in [5, 5.41) is 3.27. The van der Waals surface area contributed by atoms with Crippen LogP contribution in [0.1, 0.15) is 26.0 Å². The van der Waals surface area contributed by atoms with Crippen molar-refractivity contribution in [1.82, 2.24) is 19.5 Å². The first-order valence-corrected chi connectivity index (χ1v) is 8.82. The van der Waals surface area contributed by atoms with Gasteiger partial charge in [0.25, 0.3) is 0 Å². The normalized spacial score (nSPS) is 20.8. The van der Waals surface area contributed by atoms with Crippen LogP contribution in [0.25, 0.3) is 0 Å². The van der Waals surface area contributed by atoms with Crippen LogP contribution in [0.4, 0.5) is 0 Å². The zero-order valence-corrected chi connectivity index (χ0v) is 14.1. The summed E-state index contributed by atoms with van der Waals surface area (Å²) in [5.74, 6) is 0. The molecule has 1 fully saturated rings. The Morgan fingerprint density at radius 3 is 2.76 bits per heavy atom. The maximum Gasteiger partial charge on any atom is 0.244 e. The van der Waals surface area contributed by atoms with E-state index in [1.54, 1.807) is 16.6 Å². The fourth-order valence-electron chi connectivity index (χ4n) is 2.48. The Morgan fingerprint density at radius 1 is 1.48 bits per heavy atom.